The first kappa shape index (κ1) is 20.2. The van der Waals surface area contributed by atoms with E-state index in [2.05, 4.69) is 10.3 Å². The highest BCUT2D eigenvalue weighted by molar-refractivity contribution is 6.02. The Bertz CT molecular complexity index is 1120. The van der Waals surface area contributed by atoms with Crippen LogP contribution in [0.4, 0.5) is 10.1 Å². The lowest BCUT2D eigenvalue weighted by Gasteiger charge is -2.09. The fourth-order valence-corrected chi connectivity index (χ4v) is 2.81. The predicted octanol–water partition coefficient (Wildman–Crippen LogP) is 4.53. The summed E-state index contributed by atoms with van der Waals surface area (Å²) in [4.78, 5) is 16.5. The van der Waals surface area contributed by atoms with Gasteiger partial charge in [0.1, 0.15) is 36.3 Å². The van der Waals surface area contributed by atoms with E-state index in [9.17, 15) is 9.18 Å². The monoisotopic (exact) mass is 421 g/mol. The molecule has 4 rings (SSSR count). The van der Waals surface area contributed by atoms with E-state index in [1.165, 1.54) is 24.3 Å². The molecule has 0 aliphatic heterocycles. The van der Waals surface area contributed by atoms with Gasteiger partial charge >= 0.3 is 0 Å². The highest BCUT2D eigenvalue weighted by atomic mass is 19.1. The van der Waals surface area contributed by atoms with Gasteiger partial charge in [-0.1, -0.05) is 6.07 Å². The number of benzene rings is 2. The van der Waals surface area contributed by atoms with Crippen molar-refractivity contribution in [1.29, 1.82) is 0 Å². The number of hydrogen-bond donors (Lipinski definition) is 1. The summed E-state index contributed by atoms with van der Waals surface area (Å²) in [5.74, 6) is 1.06. The van der Waals surface area contributed by atoms with Crippen molar-refractivity contribution in [3.8, 4) is 11.5 Å². The van der Waals surface area contributed by atoms with Crippen LogP contribution in [-0.2, 0) is 13.2 Å². The Morgan fingerprint density at radius 3 is 2.74 bits per heavy atom. The molecule has 0 saturated heterocycles. The lowest BCUT2D eigenvalue weighted by atomic mass is 10.3. The number of furan rings is 1. The van der Waals surface area contributed by atoms with Crippen LogP contribution < -0.4 is 14.8 Å². The van der Waals surface area contributed by atoms with E-state index in [1.54, 1.807) is 42.9 Å². The molecule has 1 N–H and O–H groups in total. The Hall–Kier alpha value is -4.07. The number of aromatic nitrogens is 2. The van der Waals surface area contributed by atoms with Gasteiger partial charge in [-0.05, 0) is 48.5 Å². The zero-order valence-electron chi connectivity index (χ0n) is 16.5. The van der Waals surface area contributed by atoms with E-state index in [4.69, 9.17) is 13.9 Å². The van der Waals surface area contributed by atoms with Gasteiger partial charge in [0.15, 0.2) is 5.76 Å². The Kier molecular flexibility index (Phi) is 6.27. The number of imidazole rings is 1. The SMILES string of the molecule is O=C(Nc1cccc(OCCn2ccnc2)c1)c1ccc(COc2ccc(F)cc2)o1. The minimum absolute atomic E-state index is 0.124. The highest BCUT2D eigenvalue weighted by Crippen LogP contribution is 2.20. The molecule has 0 aliphatic rings. The molecule has 31 heavy (non-hydrogen) atoms. The van der Waals surface area contributed by atoms with Crippen molar-refractivity contribution >= 4 is 11.6 Å². The summed E-state index contributed by atoms with van der Waals surface area (Å²) in [5, 5.41) is 2.79. The molecule has 2 heterocycles. The number of rotatable bonds is 9. The topological polar surface area (TPSA) is 78.5 Å². The first-order valence-corrected chi connectivity index (χ1v) is 9.63. The third kappa shape index (κ3) is 5.72. The summed E-state index contributed by atoms with van der Waals surface area (Å²) in [5.41, 5.74) is 0.589. The van der Waals surface area contributed by atoms with Crippen LogP contribution in [0.2, 0.25) is 0 Å². The van der Waals surface area contributed by atoms with Gasteiger partial charge in [0.25, 0.3) is 5.91 Å². The van der Waals surface area contributed by atoms with E-state index in [1.807, 2.05) is 16.8 Å². The number of nitrogens with zero attached hydrogens (tertiary/aromatic N) is 2. The fourth-order valence-electron chi connectivity index (χ4n) is 2.81. The normalized spacial score (nSPS) is 10.6. The van der Waals surface area contributed by atoms with Crippen LogP contribution in [0, 0.1) is 5.82 Å². The molecule has 1 amide bonds. The van der Waals surface area contributed by atoms with Gasteiger partial charge in [0.2, 0.25) is 0 Å². The van der Waals surface area contributed by atoms with Crippen molar-refractivity contribution in [3.05, 3.63) is 96.7 Å². The van der Waals surface area contributed by atoms with Crippen molar-refractivity contribution in [1.82, 2.24) is 9.55 Å². The standard InChI is InChI=1S/C23H20FN3O4/c24-17-4-6-19(7-5-17)30-15-21-8-9-22(31-21)23(28)26-18-2-1-3-20(14-18)29-13-12-27-11-10-25-16-27/h1-11,14,16H,12-13,15H2,(H,26,28). The van der Waals surface area contributed by atoms with E-state index in [-0.39, 0.29) is 24.1 Å². The van der Waals surface area contributed by atoms with Crippen molar-refractivity contribution < 1.29 is 23.1 Å². The number of carbonyl (C=O) groups excluding carboxylic acids is 1. The van der Waals surface area contributed by atoms with Crippen LogP contribution in [0.25, 0.3) is 0 Å². The Labute approximate surface area is 178 Å². The van der Waals surface area contributed by atoms with Crippen molar-refractivity contribution in [2.75, 3.05) is 11.9 Å². The highest BCUT2D eigenvalue weighted by Gasteiger charge is 2.12. The van der Waals surface area contributed by atoms with Crippen molar-refractivity contribution in [2.45, 2.75) is 13.2 Å². The molecule has 4 aromatic rings. The lowest BCUT2D eigenvalue weighted by Crippen LogP contribution is -2.11. The van der Waals surface area contributed by atoms with Gasteiger partial charge in [0, 0.05) is 24.1 Å². The summed E-state index contributed by atoms with van der Waals surface area (Å²) in [6, 6.07) is 16.0. The summed E-state index contributed by atoms with van der Waals surface area (Å²) < 4.78 is 31.7. The van der Waals surface area contributed by atoms with E-state index >= 15 is 0 Å². The molecule has 0 saturated carbocycles. The fraction of sp³-hybridized carbons (Fsp3) is 0.130. The van der Waals surface area contributed by atoms with Gasteiger partial charge in [-0.25, -0.2) is 9.37 Å². The molecule has 158 valence electrons. The molecule has 0 aliphatic carbocycles. The average Bonchev–Trinajstić information content (AvgIpc) is 3.46. The molecule has 2 aromatic heterocycles. The van der Waals surface area contributed by atoms with Gasteiger partial charge < -0.3 is 23.8 Å². The van der Waals surface area contributed by atoms with E-state index in [0.29, 0.717) is 36.1 Å². The Morgan fingerprint density at radius 1 is 1.06 bits per heavy atom. The number of amides is 1. The zero-order valence-corrected chi connectivity index (χ0v) is 16.5. The van der Waals surface area contributed by atoms with Crippen molar-refractivity contribution in [3.63, 3.8) is 0 Å². The van der Waals surface area contributed by atoms with Gasteiger partial charge in [-0.3, -0.25) is 4.79 Å². The smallest absolute Gasteiger partial charge is 0.291 e. The zero-order chi connectivity index (χ0) is 21.5. The number of ether oxygens (including phenoxy) is 2. The quantitative estimate of drug-likeness (QED) is 0.430. The molecule has 0 atom stereocenters. The summed E-state index contributed by atoms with van der Waals surface area (Å²) in [6.07, 6.45) is 5.30. The molecule has 0 fully saturated rings. The van der Waals surface area contributed by atoms with Crippen LogP contribution >= 0.6 is 0 Å². The molecule has 0 radical (unpaired) electrons. The number of hydrogen-bond acceptors (Lipinski definition) is 5. The molecule has 7 nitrogen and oxygen atoms in total. The average molecular weight is 421 g/mol. The summed E-state index contributed by atoms with van der Waals surface area (Å²) >= 11 is 0. The van der Waals surface area contributed by atoms with Crippen LogP contribution in [0.15, 0.2) is 83.8 Å². The third-order valence-electron chi connectivity index (χ3n) is 4.35. The molecule has 8 heteroatoms. The van der Waals surface area contributed by atoms with Crippen LogP contribution in [0.3, 0.4) is 0 Å². The number of anilines is 1. The summed E-state index contributed by atoms with van der Waals surface area (Å²) in [7, 11) is 0. The predicted molar refractivity (Wildman–Crippen MR) is 112 cm³/mol. The molecule has 0 bridgehead atoms. The maximum absolute atomic E-state index is 12.9. The molecule has 0 unspecified atom stereocenters. The summed E-state index contributed by atoms with van der Waals surface area (Å²) in [6.45, 7) is 1.27. The lowest BCUT2D eigenvalue weighted by molar-refractivity contribution is 0.0992. The van der Waals surface area contributed by atoms with Gasteiger partial charge in [0.05, 0.1) is 12.9 Å². The van der Waals surface area contributed by atoms with Crippen LogP contribution in [0.1, 0.15) is 16.3 Å². The Balaban J connectivity index is 1.29. The minimum Gasteiger partial charge on any atom is -0.492 e. The number of carbonyl (C=O) groups is 1. The molecular formula is C23H20FN3O4. The maximum atomic E-state index is 12.9. The minimum atomic E-state index is -0.386. The first-order chi connectivity index (χ1) is 15.2. The largest absolute Gasteiger partial charge is 0.492 e. The van der Waals surface area contributed by atoms with Crippen LogP contribution in [-0.4, -0.2) is 22.1 Å². The van der Waals surface area contributed by atoms with Gasteiger partial charge in [-0.15, -0.1) is 0 Å². The van der Waals surface area contributed by atoms with Gasteiger partial charge in [-0.2, -0.15) is 0 Å². The third-order valence-corrected chi connectivity index (χ3v) is 4.35. The number of halogens is 1. The molecule has 0 spiro atoms. The number of nitrogens with one attached hydrogen (secondary N) is 1. The van der Waals surface area contributed by atoms with Crippen molar-refractivity contribution in [2.24, 2.45) is 0 Å². The second-order valence-electron chi connectivity index (χ2n) is 6.64. The van der Waals surface area contributed by atoms with Crippen LogP contribution in [0.5, 0.6) is 11.5 Å². The first-order valence-electron chi connectivity index (χ1n) is 9.63. The molecule has 2 aromatic carbocycles. The van der Waals surface area contributed by atoms with E-state index < -0.39 is 0 Å². The maximum Gasteiger partial charge on any atom is 0.291 e. The second kappa shape index (κ2) is 9.62. The molecular weight excluding hydrogens is 401 g/mol. The second-order valence-corrected chi connectivity index (χ2v) is 6.64. The Morgan fingerprint density at radius 2 is 1.94 bits per heavy atom. The van der Waals surface area contributed by atoms with E-state index in [0.717, 1.165) is 0 Å².